The zero-order valence-corrected chi connectivity index (χ0v) is 6.48. The van der Waals surface area contributed by atoms with Crippen LogP contribution in [0.15, 0.2) is 0 Å². The van der Waals surface area contributed by atoms with E-state index >= 15 is 0 Å². The minimum atomic E-state index is 0.293. The van der Waals surface area contributed by atoms with E-state index in [2.05, 4.69) is 12.2 Å². The van der Waals surface area contributed by atoms with Crippen molar-refractivity contribution >= 4 is 0 Å². The van der Waals surface area contributed by atoms with Gasteiger partial charge in [-0.2, -0.15) is 0 Å². The van der Waals surface area contributed by atoms with Crippen molar-refractivity contribution in [3.63, 3.8) is 0 Å². The summed E-state index contributed by atoms with van der Waals surface area (Å²) >= 11 is 0. The van der Waals surface area contributed by atoms with E-state index in [1.54, 1.807) is 0 Å². The van der Waals surface area contributed by atoms with Crippen LogP contribution in [0, 0.1) is 0 Å². The van der Waals surface area contributed by atoms with Gasteiger partial charge >= 0.3 is 0 Å². The Bertz CT molecular complexity index is 52.9. The Morgan fingerprint density at radius 1 is 1.56 bits per heavy atom. The van der Waals surface area contributed by atoms with Gasteiger partial charge in [0.2, 0.25) is 0 Å². The van der Waals surface area contributed by atoms with Gasteiger partial charge in [0.25, 0.3) is 0 Å². The van der Waals surface area contributed by atoms with Gasteiger partial charge in [0.15, 0.2) is 0 Å². The van der Waals surface area contributed by atoms with Crippen molar-refractivity contribution in [3.05, 3.63) is 0 Å². The molecule has 0 aliphatic carbocycles. The van der Waals surface area contributed by atoms with Crippen LogP contribution >= 0.6 is 0 Å². The zero-order valence-electron chi connectivity index (χ0n) is 6.48. The van der Waals surface area contributed by atoms with Crippen molar-refractivity contribution in [1.29, 1.82) is 0 Å². The topological polar surface area (TPSA) is 38.0 Å². The molecule has 0 aromatic rings. The van der Waals surface area contributed by atoms with Crippen molar-refractivity contribution in [1.82, 2.24) is 5.32 Å². The summed E-state index contributed by atoms with van der Waals surface area (Å²) in [5, 5.41) is 3.26. The van der Waals surface area contributed by atoms with Crippen LogP contribution in [0.5, 0.6) is 0 Å². The van der Waals surface area contributed by atoms with E-state index in [4.69, 9.17) is 5.73 Å². The number of nitrogens with two attached hydrogens (primary N) is 1. The minimum Gasteiger partial charge on any atom is -0.327 e. The standard InChI is InChI=1S/C7H18N2/c1-3-4-5-9-6-7(2)8/h7,9H,3-6,8H2,1-2H3. The third kappa shape index (κ3) is 7.92. The first kappa shape index (κ1) is 8.92. The first-order valence-electron chi connectivity index (χ1n) is 3.73. The first-order chi connectivity index (χ1) is 4.27. The summed E-state index contributed by atoms with van der Waals surface area (Å²) in [6.07, 6.45) is 2.51. The molecule has 0 aromatic heterocycles. The first-order valence-corrected chi connectivity index (χ1v) is 3.73. The molecule has 0 rings (SSSR count). The average Bonchev–Trinajstić information content (AvgIpc) is 1.80. The molecule has 2 nitrogen and oxygen atoms in total. The van der Waals surface area contributed by atoms with Gasteiger partial charge in [0.05, 0.1) is 0 Å². The molecule has 3 N–H and O–H groups in total. The molecule has 1 unspecified atom stereocenters. The van der Waals surface area contributed by atoms with E-state index in [0.29, 0.717) is 6.04 Å². The van der Waals surface area contributed by atoms with Crippen LogP contribution in [-0.2, 0) is 0 Å². The molecule has 0 heterocycles. The van der Waals surface area contributed by atoms with E-state index in [1.807, 2.05) is 6.92 Å². The fraction of sp³-hybridized carbons (Fsp3) is 1.00. The van der Waals surface area contributed by atoms with Gasteiger partial charge in [0.1, 0.15) is 0 Å². The summed E-state index contributed by atoms with van der Waals surface area (Å²) in [5.74, 6) is 0. The van der Waals surface area contributed by atoms with Crippen LogP contribution in [0.1, 0.15) is 26.7 Å². The summed E-state index contributed by atoms with van der Waals surface area (Å²) in [7, 11) is 0. The number of rotatable bonds is 5. The van der Waals surface area contributed by atoms with Crippen LogP contribution in [0.25, 0.3) is 0 Å². The lowest BCUT2D eigenvalue weighted by molar-refractivity contribution is 0.587. The molecule has 0 aliphatic rings. The second-order valence-corrected chi connectivity index (χ2v) is 2.53. The highest BCUT2D eigenvalue weighted by Gasteiger charge is 1.89. The molecule has 0 fully saturated rings. The van der Waals surface area contributed by atoms with Crippen LogP contribution in [0.2, 0.25) is 0 Å². The zero-order chi connectivity index (χ0) is 7.11. The van der Waals surface area contributed by atoms with Gasteiger partial charge in [-0.15, -0.1) is 0 Å². The lowest BCUT2D eigenvalue weighted by Crippen LogP contribution is -2.31. The SMILES string of the molecule is CCCCNCC(C)N. The summed E-state index contributed by atoms with van der Waals surface area (Å²) in [4.78, 5) is 0. The summed E-state index contributed by atoms with van der Waals surface area (Å²) in [6.45, 7) is 6.25. The molecule has 0 radical (unpaired) electrons. The molecule has 0 aliphatic heterocycles. The van der Waals surface area contributed by atoms with E-state index in [0.717, 1.165) is 13.1 Å². The molecule has 0 amide bonds. The van der Waals surface area contributed by atoms with E-state index in [9.17, 15) is 0 Å². The molecule has 0 bridgehead atoms. The van der Waals surface area contributed by atoms with Crippen LogP contribution in [0.4, 0.5) is 0 Å². The van der Waals surface area contributed by atoms with Crippen LogP contribution in [-0.4, -0.2) is 19.1 Å². The number of unbranched alkanes of at least 4 members (excludes halogenated alkanes) is 1. The molecule has 0 saturated heterocycles. The molecular formula is C7H18N2. The molecule has 2 heteroatoms. The van der Waals surface area contributed by atoms with Crippen molar-refractivity contribution in [2.75, 3.05) is 13.1 Å². The van der Waals surface area contributed by atoms with Crippen molar-refractivity contribution < 1.29 is 0 Å². The van der Waals surface area contributed by atoms with Gasteiger partial charge in [-0.3, -0.25) is 0 Å². The third-order valence-corrected chi connectivity index (χ3v) is 1.17. The van der Waals surface area contributed by atoms with E-state index in [-0.39, 0.29) is 0 Å². The lowest BCUT2D eigenvalue weighted by atomic mass is 10.3. The highest BCUT2D eigenvalue weighted by atomic mass is 14.9. The van der Waals surface area contributed by atoms with Crippen LogP contribution in [0.3, 0.4) is 0 Å². The number of hydrogen-bond acceptors (Lipinski definition) is 2. The lowest BCUT2D eigenvalue weighted by Gasteiger charge is -2.05. The predicted molar refractivity (Wildman–Crippen MR) is 41.4 cm³/mol. The molecule has 9 heavy (non-hydrogen) atoms. The molecule has 0 spiro atoms. The van der Waals surface area contributed by atoms with Gasteiger partial charge in [-0.05, 0) is 19.9 Å². The van der Waals surface area contributed by atoms with E-state index in [1.165, 1.54) is 12.8 Å². The maximum atomic E-state index is 5.51. The molecule has 1 atom stereocenters. The van der Waals surface area contributed by atoms with Gasteiger partial charge in [-0.25, -0.2) is 0 Å². The quantitative estimate of drug-likeness (QED) is 0.538. The number of nitrogens with one attached hydrogen (secondary N) is 1. The molecule has 0 aromatic carbocycles. The summed E-state index contributed by atoms with van der Waals surface area (Å²) < 4.78 is 0. The summed E-state index contributed by atoms with van der Waals surface area (Å²) in [6, 6.07) is 0.293. The summed E-state index contributed by atoms with van der Waals surface area (Å²) in [5.41, 5.74) is 5.51. The van der Waals surface area contributed by atoms with Crippen LogP contribution < -0.4 is 11.1 Å². The predicted octanol–water partition coefficient (Wildman–Crippen LogP) is 0.723. The Balaban J connectivity index is 2.75. The van der Waals surface area contributed by atoms with Gasteiger partial charge in [0, 0.05) is 12.6 Å². The van der Waals surface area contributed by atoms with Crippen molar-refractivity contribution in [2.24, 2.45) is 5.73 Å². The Morgan fingerprint density at radius 3 is 2.67 bits per heavy atom. The van der Waals surface area contributed by atoms with Gasteiger partial charge in [-0.1, -0.05) is 13.3 Å². The number of hydrogen-bond donors (Lipinski definition) is 2. The highest BCUT2D eigenvalue weighted by Crippen LogP contribution is 1.81. The highest BCUT2D eigenvalue weighted by molar-refractivity contribution is 4.56. The molecule has 56 valence electrons. The second-order valence-electron chi connectivity index (χ2n) is 2.53. The average molecular weight is 130 g/mol. The molecular weight excluding hydrogens is 112 g/mol. The van der Waals surface area contributed by atoms with E-state index < -0.39 is 0 Å². The Kier molecular flexibility index (Phi) is 5.99. The Hall–Kier alpha value is -0.0800. The second kappa shape index (κ2) is 6.05. The van der Waals surface area contributed by atoms with Crippen molar-refractivity contribution in [3.8, 4) is 0 Å². The smallest absolute Gasteiger partial charge is 0.0136 e. The normalized spacial score (nSPS) is 13.7. The Morgan fingerprint density at radius 2 is 2.22 bits per heavy atom. The fourth-order valence-electron chi connectivity index (χ4n) is 0.632. The fourth-order valence-corrected chi connectivity index (χ4v) is 0.632. The monoisotopic (exact) mass is 130 g/mol. The molecule has 0 saturated carbocycles. The minimum absolute atomic E-state index is 0.293. The largest absolute Gasteiger partial charge is 0.327 e. The third-order valence-electron chi connectivity index (χ3n) is 1.17. The Labute approximate surface area is 57.8 Å². The maximum Gasteiger partial charge on any atom is 0.0136 e. The maximum absolute atomic E-state index is 5.51. The van der Waals surface area contributed by atoms with Crippen molar-refractivity contribution in [2.45, 2.75) is 32.7 Å². The van der Waals surface area contributed by atoms with Gasteiger partial charge < -0.3 is 11.1 Å².